The maximum Gasteiger partial charge on any atom is 0.154 e. The molecule has 2 rings (SSSR count). The topological polar surface area (TPSA) is 52.6 Å². The second-order valence-corrected chi connectivity index (χ2v) is 8.87. The molecule has 3 unspecified atom stereocenters. The second kappa shape index (κ2) is 9.82. The molecule has 0 radical (unpaired) electrons. The zero-order valence-corrected chi connectivity index (χ0v) is 19.9. The van der Waals surface area contributed by atoms with Crippen LogP contribution in [0.2, 0.25) is 5.02 Å². The Morgan fingerprint density at radius 2 is 1.87 bits per heavy atom. The first kappa shape index (κ1) is 24.2. The summed E-state index contributed by atoms with van der Waals surface area (Å²) in [5.41, 5.74) is 2.73. The molecule has 0 bridgehead atoms. The van der Waals surface area contributed by atoms with Gasteiger partial charge in [-0.15, -0.1) is 0 Å². The summed E-state index contributed by atoms with van der Waals surface area (Å²) in [6, 6.07) is 0. The summed E-state index contributed by atoms with van der Waals surface area (Å²) in [4.78, 5) is 23.9. The molecule has 164 valence electrons. The van der Waals surface area contributed by atoms with E-state index in [0.29, 0.717) is 52.2 Å². The van der Waals surface area contributed by atoms with Gasteiger partial charge in [0.1, 0.15) is 17.3 Å². The van der Waals surface area contributed by atoms with Crippen LogP contribution in [0.3, 0.4) is 0 Å². The van der Waals surface area contributed by atoms with Crippen molar-refractivity contribution < 1.29 is 19.1 Å². The van der Waals surface area contributed by atoms with Crippen molar-refractivity contribution in [1.29, 1.82) is 0 Å². The Morgan fingerprint density at radius 1 is 1.23 bits per heavy atom. The molecular weight excluding hydrogens is 400 g/mol. The monoisotopic (exact) mass is 432 g/mol. The highest BCUT2D eigenvalue weighted by molar-refractivity contribution is 6.33. The number of hydrogen-bond donors (Lipinski definition) is 0. The smallest absolute Gasteiger partial charge is 0.154 e. The van der Waals surface area contributed by atoms with E-state index in [2.05, 4.69) is 32.1 Å². The van der Waals surface area contributed by atoms with E-state index in [4.69, 9.17) is 21.1 Å². The minimum atomic E-state index is -0.155. The van der Waals surface area contributed by atoms with Gasteiger partial charge in [0.05, 0.1) is 24.8 Å². The van der Waals surface area contributed by atoms with E-state index < -0.39 is 0 Å². The van der Waals surface area contributed by atoms with Gasteiger partial charge >= 0.3 is 0 Å². The quantitative estimate of drug-likeness (QED) is 0.382. The zero-order valence-electron chi connectivity index (χ0n) is 19.1. The van der Waals surface area contributed by atoms with E-state index in [-0.39, 0.29) is 11.3 Å². The van der Waals surface area contributed by atoms with Crippen LogP contribution in [-0.4, -0.2) is 26.3 Å². The lowest BCUT2D eigenvalue weighted by atomic mass is 9.61. The molecule has 0 aliphatic heterocycles. The molecule has 1 aliphatic rings. The molecule has 1 aromatic rings. The number of ketones is 1. The van der Waals surface area contributed by atoms with E-state index in [1.807, 2.05) is 13.8 Å². The molecule has 0 N–H and O–H groups in total. The first-order valence-electron chi connectivity index (χ1n) is 10.4. The first-order valence-corrected chi connectivity index (χ1v) is 10.8. The number of carbonyl (C=O) groups is 2. The van der Waals surface area contributed by atoms with E-state index in [1.165, 1.54) is 0 Å². The van der Waals surface area contributed by atoms with Gasteiger partial charge in [0.15, 0.2) is 6.29 Å². The highest BCUT2D eigenvalue weighted by atomic mass is 35.5. The highest BCUT2D eigenvalue weighted by Gasteiger charge is 2.41. The van der Waals surface area contributed by atoms with Gasteiger partial charge in [0.2, 0.25) is 0 Å². The Bertz CT molecular complexity index is 884. The van der Waals surface area contributed by atoms with Crippen molar-refractivity contribution in [3.8, 4) is 11.5 Å². The summed E-state index contributed by atoms with van der Waals surface area (Å²) < 4.78 is 11.1. The lowest BCUT2D eigenvalue weighted by Gasteiger charge is -2.42. The van der Waals surface area contributed by atoms with E-state index in [1.54, 1.807) is 21.1 Å². The van der Waals surface area contributed by atoms with Crippen molar-refractivity contribution in [2.45, 2.75) is 53.9 Å². The molecule has 0 amide bonds. The summed E-state index contributed by atoms with van der Waals surface area (Å²) >= 11 is 6.45. The standard InChI is InChI=1S/C25H33ClO4/c1-15(12-13-25(5)16(2)9-11-21(28)18(25)4)8-10-19-23(29-6)20(14-27)17(3)22(26)24(19)30-7/h8,12-14,16,18H,9-11H2,1-7H3. The fraction of sp³-hybridized carbons (Fsp3) is 0.520. The molecule has 1 fully saturated rings. The third-order valence-electron chi connectivity index (χ3n) is 6.89. The Balaban J connectivity index is 2.37. The summed E-state index contributed by atoms with van der Waals surface area (Å²) in [5, 5.41) is 0.424. The fourth-order valence-electron chi connectivity index (χ4n) is 4.24. The van der Waals surface area contributed by atoms with Gasteiger partial charge in [0.25, 0.3) is 0 Å². The van der Waals surface area contributed by atoms with Crippen LogP contribution in [0.5, 0.6) is 11.5 Å². The van der Waals surface area contributed by atoms with Crippen LogP contribution in [0.15, 0.2) is 23.8 Å². The average molecular weight is 433 g/mol. The number of halogens is 1. The van der Waals surface area contributed by atoms with Crippen LogP contribution < -0.4 is 9.47 Å². The normalized spacial score (nSPS) is 24.9. The number of Topliss-reactive ketones (excluding diaryl/α,β-unsaturated/α-hetero) is 1. The number of methoxy groups -OCH3 is 2. The molecule has 1 saturated carbocycles. The number of benzene rings is 1. The van der Waals surface area contributed by atoms with Gasteiger partial charge in [0, 0.05) is 17.9 Å². The zero-order chi connectivity index (χ0) is 22.6. The molecule has 0 saturated heterocycles. The maximum absolute atomic E-state index is 12.3. The minimum absolute atomic E-state index is 0.0107. The second-order valence-electron chi connectivity index (χ2n) is 8.49. The van der Waals surface area contributed by atoms with Crippen LogP contribution in [0.25, 0.3) is 0 Å². The molecular formula is C25H33ClO4. The van der Waals surface area contributed by atoms with Crippen LogP contribution in [0.4, 0.5) is 0 Å². The molecule has 1 aromatic carbocycles. The third-order valence-corrected chi connectivity index (χ3v) is 7.34. The molecule has 0 aromatic heterocycles. The van der Waals surface area contributed by atoms with Gasteiger partial charge in [-0.3, -0.25) is 9.59 Å². The Labute approximate surface area is 185 Å². The minimum Gasteiger partial charge on any atom is -0.496 e. The van der Waals surface area contributed by atoms with Crippen LogP contribution in [0, 0.1) is 24.2 Å². The van der Waals surface area contributed by atoms with E-state index in [0.717, 1.165) is 23.8 Å². The maximum atomic E-state index is 12.3. The fourth-order valence-corrected chi connectivity index (χ4v) is 4.53. The molecule has 3 atom stereocenters. The lowest BCUT2D eigenvalue weighted by Crippen LogP contribution is -2.40. The van der Waals surface area contributed by atoms with E-state index in [9.17, 15) is 9.59 Å². The van der Waals surface area contributed by atoms with Crippen molar-refractivity contribution in [2.75, 3.05) is 14.2 Å². The molecule has 30 heavy (non-hydrogen) atoms. The van der Waals surface area contributed by atoms with Crippen LogP contribution >= 0.6 is 11.6 Å². The SMILES string of the molecule is COc1c(Cl)c(C)c(C=O)c(OC)c1CC=C(C)C=CC1(C)C(C)CCC(=O)C1C. The first-order chi connectivity index (χ1) is 14.1. The van der Waals surface area contributed by atoms with Gasteiger partial charge in [-0.05, 0) is 43.6 Å². The molecule has 0 heterocycles. The number of aldehydes is 1. The Hall–Kier alpha value is -2.07. The third kappa shape index (κ3) is 4.49. The Morgan fingerprint density at radius 3 is 2.43 bits per heavy atom. The lowest BCUT2D eigenvalue weighted by molar-refractivity contribution is -0.129. The molecule has 1 aliphatic carbocycles. The Kier molecular flexibility index (Phi) is 7.93. The van der Waals surface area contributed by atoms with Crippen molar-refractivity contribution in [3.05, 3.63) is 45.5 Å². The number of carbonyl (C=O) groups excluding carboxylic acids is 2. The number of ether oxygens (including phenoxy) is 2. The molecule has 4 nitrogen and oxygen atoms in total. The van der Waals surface area contributed by atoms with Gasteiger partial charge in [-0.1, -0.05) is 56.2 Å². The van der Waals surface area contributed by atoms with Crippen molar-refractivity contribution in [3.63, 3.8) is 0 Å². The highest BCUT2D eigenvalue weighted by Crippen LogP contribution is 2.45. The predicted octanol–water partition coefficient (Wildman–Crippen LogP) is 6.16. The van der Waals surface area contributed by atoms with Crippen molar-refractivity contribution >= 4 is 23.7 Å². The molecule has 0 spiro atoms. The summed E-state index contributed by atoms with van der Waals surface area (Å²) in [6.07, 6.45) is 9.19. The van der Waals surface area contributed by atoms with Crippen molar-refractivity contribution in [1.82, 2.24) is 0 Å². The number of rotatable bonds is 7. The summed E-state index contributed by atoms with van der Waals surface area (Å²) in [6.45, 7) is 10.2. The largest absolute Gasteiger partial charge is 0.496 e. The average Bonchev–Trinajstić information content (AvgIpc) is 2.73. The number of hydrogen-bond acceptors (Lipinski definition) is 4. The van der Waals surface area contributed by atoms with E-state index >= 15 is 0 Å². The van der Waals surface area contributed by atoms with Crippen LogP contribution in [0.1, 0.15) is 62.0 Å². The molecule has 5 heteroatoms. The predicted molar refractivity (Wildman–Crippen MR) is 122 cm³/mol. The van der Waals surface area contributed by atoms with Gasteiger partial charge < -0.3 is 9.47 Å². The van der Waals surface area contributed by atoms with Crippen molar-refractivity contribution in [2.24, 2.45) is 17.3 Å². The number of allylic oxidation sites excluding steroid dienone is 4. The van der Waals surface area contributed by atoms with Gasteiger partial charge in [-0.25, -0.2) is 0 Å². The summed E-state index contributed by atoms with van der Waals surface area (Å²) in [5.74, 6) is 1.81. The van der Waals surface area contributed by atoms with Crippen LogP contribution in [-0.2, 0) is 11.2 Å². The summed E-state index contributed by atoms with van der Waals surface area (Å²) in [7, 11) is 3.10. The van der Waals surface area contributed by atoms with Gasteiger partial charge in [-0.2, -0.15) is 0 Å².